The van der Waals surface area contributed by atoms with Gasteiger partial charge in [0.25, 0.3) is 0 Å². The molecule has 0 aliphatic heterocycles. The summed E-state index contributed by atoms with van der Waals surface area (Å²) < 4.78 is 16.1. The Kier molecular flexibility index (Phi) is 8.65. The van der Waals surface area contributed by atoms with Crippen LogP contribution in [0.25, 0.3) is 0 Å². The van der Waals surface area contributed by atoms with E-state index in [1.54, 1.807) is 21.3 Å². The maximum atomic E-state index is 5.44. The van der Waals surface area contributed by atoms with Gasteiger partial charge in [-0.1, -0.05) is 25.1 Å². The highest BCUT2D eigenvalue weighted by Gasteiger charge is 2.13. The van der Waals surface area contributed by atoms with E-state index in [9.17, 15) is 0 Å². The van der Waals surface area contributed by atoms with Crippen molar-refractivity contribution in [2.24, 2.45) is 4.99 Å². The number of hydrogen-bond donors (Lipinski definition) is 2. The smallest absolute Gasteiger partial charge is 0.191 e. The van der Waals surface area contributed by atoms with Crippen LogP contribution in [-0.4, -0.2) is 38.9 Å². The van der Waals surface area contributed by atoms with Crippen LogP contribution in [0.15, 0.2) is 33.8 Å². The van der Waals surface area contributed by atoms with E-state index in [4.69, 9.17) is 14.0 Å². The molecule has 2 aromatic rings. The van der Waals surface area contributed by atoms with Crippen molar-refractivity contribution >= 4 is 5.96 Å². The van der Waals surface area contributed by atoms with Crippen LogP contribution < -0.4 is 20.1 Å². The fraction of sp³-hybridized carbons (Fsp3) is 0.524. The molecule has 7 nitrogen and oxygen atoms in total. The molecule has 2 rings (SSSR count). The Labute approximate surface area is 167 Å². The Hall–Kier alpha value is -2.70. The lowest BCUT2D eigenvalue weighted by molar-refractivity contribution is 0.354. The third kappa shape index (κ3) is 5.90. The molecule has 0 unspecified atom stereocenters. The molecule has 0 saturated heterocycles. The van der Waals surface area contributed by atoms with Crippen molar-refractivity contribution < 1.29 is 14.0 Å². The number of rotatable bonds is 10. The van der Waals surface area contributed by atoms with Crippen LogP contribution in [0.2, 0.25) is 0 Å². The molecular weight excluding hydrogens is 356 g/mol. The average Bonchev–Trinajstić information content (AvgIpc) is 3.20. The first kappa shape index (κ1) is 21.6. The summed E-state index contributed by atoms with van der Waals surface area (Å²) >= 11 is 0. The summed E-state index contributed by atoms with van der Waals surface area (Å²) in [6.45, 7) is 5.63. The molecule has 28 heavy (non-hydrogen) atoms. The zero-order chi connectivity index (χ0) is 20.4. The molecule has 1 heterocycles. The molecule has 0 bridgehead atoms. The van der Waals surface area contributed by atoms with Crippen LogP contribution in [0.3, 0.4) is 0 Å². The van der Waals surface area contributed by atoms with E-state index in [0.29, 0.717) is 12.5 Å². The van der Waals surface area contributed by atoms with Crippen LogP contribution in [0.5, 0.6) is 11.5 Å². The molecule has 0 aliphatic carbocycles. The van der Waals surface area contributed by atoms with E-state index in [1.807, 2.05) is 24.3 Å². The summed E-state index contributed by atoms with van der Waals surface area (Å²) in [4.78, 5) is 4.26. The highest BCUT2D eigenvalue weighted by Crippen LogP contribution is 2.27. The second kappa shape index (κ2) is 11.2. The van der Waals surface area contributed by atoms with E-state index in [1.165, 1.54) is 0 Å². The number of methoxy groups -OCH3 is 2. The number of hydrogen-bond acceptors (Lipinski definition) is 5. The highest BCUT2D eigenvalue weighted by molar-refractivity contribution is 5.79. The number of benzene rings is 1. The molecule has 2 N–H and O–H groups in total. The van der Waals surface area contributed by atoms with Gasteiger partial charge in [-0.3, -0.25) is 4.99 Å². The fourth-order valence-electron chi connectivity index (χ4n) is 3.06. The predicted octanol–water partition coefficient (Wildman–Crippen LogP) is 3.50. The first-order chi connectivity index (χ1) is 13.6. The van der Waals surface area contributed by atoms with Crippen LogP contribution >= 0.6 is 0 Å². The first-order valence-corrected chi connectivity index (χ1v) is 9.75. The van der Waals surface area contributed by atoms with Gasteiger partial charge in [-0.15, -0.1) is 0 Å². The topological polar surface area (TPSA) is 80.9 Å². The second-order valence-electron chi connectivity index (χ2n) is 6.52. The molecule has 0 spiro atoms. The summed E-state index contributed by atoms with van der Waals surface area (Å²) in [5, 5.41) is 10.8. The van der Waals surface area contributed by atoms with Gasteiger partial charge in [-0.2, -0.15) is 0 Å². The number of nitrogens with one attached hydrogen (secondary N) is 2. The third-order valence-corrected chi connectivity index (χ3v) is 4.79. The average molecular weight is 389 g/mol. The van der Waals surface area contributed by atoms with Crippen molar-refractivity contribution in [2.75, 3.05) is 27.8 Å². The number of nitrogens with zero attached hydrogens (tertiary/aromatic N) is 2. The molecule has 0 aliphatic rings. The molecule has 1 aromatic heterocycles. The Bertz CT molecular complexity index is 754. The van der Waals surface area contributed by atoms with Crippen molar-refractivity contribution in [2.45, 2.75) is 45.6 Å². The quantitative estimate of drug-likeness (QED) is 0.479. The minimum atomic E-state index is 0.455. The molecule has 154 valence electrons. The first-order valence-electron chi connectivity index (χ1n) is 9.75. The van der Waals surface area contributed by atoms with Crippen molar-refractivity contribution in [1.29, 1.82) is 0 Å². The molecule has 0 fully saturated rings. The SMILES string of the molecule is CCC(CC)c1cc(CNC(=NC)NCCc2ccc(OC)c(OC)c2)on1. The lowest BCUT2D eigenvalue weighted by Crippen LogP contribution is -2.37. The molecule has 0 saturated carbocycles. The van der Waals surface area contributed by atoms with E-state index < -0.39 is 0 Å². The van der Waals surface area contributed by atoms with Gasteiger partial charge in [0.2, 0.25) is 0 Å². The van der Waals surface area contributed by atoms with Crippen LogP contribution in [0.1, 0.15) is 49.6 Å². The van der Waals surface area contributed by atoms with Gasteiger partial charge in [0.15, 0.2) is 23.2 Å². The number of ether oxygens (including phenoxy) is 2. The third-order valence-electron chi connectivity index (χ3n) is 4.79. The van der Waals surface area contributed by atoms with E-state index in [2.05, 4.69) is 34.6 Å². The predicted molar refractivity (Wildman–Crippen MR) is 111 cm³/mol. The van der Waals surface area contributed by atoms with Gasteiger partial charge < -0.3 is 24.6 Å². The van der Waals surface area contributed by atoms with Crippen molar-refractivity contribution in [3.63, 3.8) is 0 Å². The minimum absolute atomic E-state index is 0.455. The van der Waals surface area contributed by atoms with Gasteiger partial charge in [0.1, 0.15) is 0 Å². The van der Waals surface area contributed by atoms with Crippen molar-refractivity contribution in [3.8, 4) is 11.5 Å². The Balaban J connectivity index is 1.82. The summed E-state index contributed by atoms with van der Waals surface area (Å²) in [5.74, 6) is 3.46. The second-order valence-corrected chi connectivity index (χ2v) is 6.52. The minimum Gasteiger partial charge on any atom is -0.493 e. The molecule has 0 amide bonds. The van der Waals surface area contributed by atoms with Crippen LogP contribution in [-0.2, 0) is 13.0 Å². The van der Waals surface area contributed by atoms with E-state index in [0.717, 1.165) is 60.3 Å². The monoisotopic (exact) mass is 388 g/mol. The lowest BCUT2D eigenvalue weighted by Gasteiger charge is -2.12. The van der Waals surface area contributed by atoms with Gasteiger partial charge >= 0.3 is 0 Å². The maximum absolute atomic E-state index is 5.44. The summed E-state index contributed by atoms with van der Waals surface area (Å²) in [5.41, 5.74) is 2.18. The van der Waals surface area contributed by atoms with E-state index in [-0.39, 0.29) is 0 Å². The summed E-state index contributed by atoms with van der Waals surface area (Å²) in [6.07, 6.45) is 2.97. The van der Waals surface area contributed by atoms with Gasteiger partial charge in [-0.05, 0) is 37.0 Å². The van der Waals surface area contributed by atoms with Gasteiger partial charge in [0.05, 0.1) is 26.5 Å². The molecule has 0 radical (unpaired) electrons. The number of guanidine groups is 1. The molecule has 0 atom stereocenters. The number of aromatic nitrogens is 1. The molecule has 7 heteroatoms. The zero-order valence-electron chi connectivity index (χ0n) is 17.5. The summed E-state index contributed by atoms with van der Waals surface area (Å²) in [7, 11) is 5.03. The fourth-order valence-corrected chi connectivity index (χ4v) is 3.06. The molecular formula is C21H32N4O3. The van der Waals surface area contributed by atoms with E-state index >= 15 is 0 Å². The summed E-state index contributed by atoms with van der Waals surface area (Å²) in [6, 6.07) is 7.97. The van der Waals surface area contributed by atoms with Gasteiger partial charge in [-0.25, -0.2) is 0 Å². The lowest BCUT2D eigenvalue weighted by atomic mass is 9.99. The van der Waals surface area contributed by atoms with Crippen molar-refractivity contribution in [3.05, 3.63) is 41.3 Å². The van der Waals surface area contributed by atoms with Crippen molar-refractivity contribution in [1.82, 2.24) is 15.8 Å². The largest absolute Gasteiger partial charge is 0.493 e. The van der Waals surface area contributed by atoms with Crippen LogP contribution in [0.4, 0.5) is 0 Å². The number of aliphatic imine (C=N–C) groups is 1. The Morgan fingerprint density at radius 1 is 1.11 bits per heavy atom. The zero-order valence-corrected chi connectivity index (χ0v) is 17.5. The van der Waals surface area contributed by atoms with Crippen LogP contribution in [0, 0.1) is 0 Å². The maximum Gasteiger partial charge on any atom is 0.191 e. The standard InChI is InChI=1S/C21H32N4O3/c1-6-16(7-2)18-13-17(28-25-18)14-24-21(22-3)23-11-10-15-8-9-19(26-4)20(12-15)27-5/h8-9,12-13,16H,6-7,10-11,14H2,1-5H3,(H2,22,23,24). The normalized spacial score (nSPS) is 11.6. The Morgan fingerprint density at radius 2 is 1.86 bits per heavy atom. The molecule has 1 aromatic carbocycles. The van der Waals surface area contributed by atoms with Gasteiger partial charge in [0, 0.05) is 25.6 Å². The highest BCUT2D eigenvalue weighted by atomic mass is 16.5. The Morgan fingerprint density at radius 3 is 2.50 bits per heavy atom.